The molecular formula is C19H25N5O2S2. The van der Waals surface area contributed by atoms with Gasteiger partial charge in [-0.3, -0.25) is 0 Å². The average molecular weight is 420 g/mol. The van der Waals surface area contributed by atoms with Gasteiger partial charge in [-0.2, -0.15) is 5.26 Å². The van der Waals surface area contributed by atoms with Gasteiger partial charge < -0.3 is 10.6 Å². The van der Waals surface area contributed by atoms with Gasteiger partial charge in [-0.05, 0) is 31.5 Å². The molecule has 2 aromatic rings. The monoisotopic (exact) mass is 419 g/mol. The minimum atomic E-state index is -3.56. The Bertz CT molecular complexity index is 988. The molecule has 0 aliphatic rings. The molecule has 0 spiro atoms. The van der Waals surface area contributed by atoms with Gasteiger partial charge in [0.2, 0.25) is 10.0 Å². The second kappa shape index (κ2) is 9.68. The van der Waals surface area contributed by atoms with Crippen molar-refractivity contribution in [3.05, 3.63) is 40.5 Å². The summed E-state index contributed by atoms with van der Waals surface area (Å²) in [5, 5.41) is 18.3. The Morgan fingerprint density at radius 2 is 2.11 bits per heavy atom. The van der Waals surface area contributed by atoms with E-state index in [4.69, 9.17) is 0 Å². The number of nitriles is 1. The number of nitrogens with zero attached hydrogens (tertiary/aromatic N) is 3. The quantitative estimate of drug-likeness (QED) is 0.473. The molecule has 0 saturated heterocycles. The first kappa shape index (κ1) is 21.9. The molecule has 0 atom stereocenters. The molecule has 0 aliphatic carbocycles. The smallest absolute Gasteiger partial charge is 0.242 e. The minimum absolute atomic E-state index is 0.179. The highest BCUT2D eigenvalue weighted by Crippen LogP contribution is 2.28. The van der Waals surface area contributed by atoms with Gasteiger partial charge in [-0.25, -0.2) is 17.7 Å². The summed E-state index contributed by atoms with van der Waals surface area (Å²) in [6.45, 7) is 4.74. The van der Waals surface area contributed by atoms with Crippen LogP contribution in [0.25, 0.3) is 5.57 Å². The number of thiazole rings is 1. The summed E-state index contributed by atoms with van der Waals surface area (Å²) in [7, 11) is -0.576. The van der Waals surface area contributed by atoms with Crippen molar-refractivity contribution in [1.29, 1.82) is 5.26 Å². The molecule has 2 N–H and O–H groups in total. The van der Waals surface area contributed by atoms with Crippen LogP contribution in [0.1, 0.15) is 30.5 Å². The van der Waals surface area contributed by atoms with Crippen LogP contribution < -0.4 is 10.6 Å². The van der Waals surface area contributed by atoms with Gasteiger partial charge in [0.15, 0.2) is 0 Å². The van der Waals surface area contributed by atoms with Gasteiger partial charge in [-0.15, -0.1) is 11.3 Å². The second-order valence-corrected chi connectivity index (χ2v) is 9.39. The molecule has 0 bridgehead atoms. The molecule has 0 aliphatic heterocycles. The summed E-state index contributed by atoms with van der Waals surface area (Å²) >= 11 is 1.39. The van der Waals surface area contributed by atoms with Crippen molar-refractivity contribution in [3.8, 4) is 6.07 Å². The zero-order valence-electron chi connectivity index (χ0n) is 16.5. The Kier molecular flexibility index (Phi) is 7.57. The molecule has 2 rings (SSSR count). The molecule has 0 radical (unpaired) electrons. The van der Waals surface area contributed by atoms with E-state index in [1.54, 1.807) is 24.4 Å². The third-order valence-corrected chi connectivity index (χ3v) is 6.76. The first-order valence-electron chi connectivity index (χ1n) is 8.89. The lowest BCUT2D eigenvalue weighted by atomic mass is 10.2. The number of allylic oxidation sites excluding steroid dienone is 1. The molecule has 1 aromatic carbocycles. The summed E-state index contributed by atoms with van der Waals surface area (Å²) in [5.41, 5.74) is 2.59. The van der Waals surface area contributed by atoms with E-state index in [0.717, 1.165) is 30.8 Å². The van der Waals surface area contributed by atoms with E-state index in [1.807, 2.05) is 12.3 Å². The van der Waals surface area contributed by atoms with Crippen LogP contribution in [0.15, 0.2) is 34.7 Å². The van der Waals surface area contributed by atoms with E-state index in [9.17, 15) is 13.7 Å². The zero-order valence-corrected chi connectivity index (χ0v) is 18.1. The fourth-order valence-corrected chi connectivity index (χ4v) is 4.03. The van der Waals surface area contributed by atoms with E-state index in [0.29, 0.717) is 16.3 Å². The van der Waals surface area contributed by atoms with Crippen molar-refractivity contribution >= 4 is 38.3 Å². The van der Waals surface area contributed by atoms with Gasteiger partial charge in [0.25, 0.3) is 0 Å². The first-order valence-corrected chi connectivity index (χ1v) is 11.2. The Morgan fingerprint density at radius 1 is 1.36 bits per heavy atom. The predicted molar refractivity (Wildman–Crippen MR) is 115 cm³/mol. The molecule has 9 heteroatoms. The number of anilines is 2. The SMILES string of the molecule is CCCCNc1ccc(S(=O)(=O)N(C)C)cc1N/C=C(\C#N)c1nc(C)cs1. The van der Waals surface area contributed by atoms with Gasteiger partial charge in [0.1, 0.15) is 16.6 Å². The van der Waals surface area contributed by atoms with Crippen molar-refractivity contribution in [2.75, 3.05) is 31.3 Å². The number of aryl methyl sites for hydroxylation is 1. The number of sulfonamides is 1. The summed E-state index contributed by atoms with van der Waals surface area (Å²) in [4.78, 5) is 4.51. The van der Waals surface area contributed by atoms with Crippen LogP contribution in [-0.4, -0.2) is 38.3 Å². The number of rotatable bonds is 9. The maximum atomic E-state index is 12.5. The highest BCUT2D eigenvalue weighted by molar-refractivity contribution is 7.89. The maximum absolute atomic E-state index is 12.5. The van der Waals surface area contributed by atoms with Crippen molar-refractivity contribution in [2.45, 2.75) is 31.6 Å². The Hall–Kier alpha value is -2.41. The third-order valence-electron chi connectivity index (χ3n) is 3.96. The number of nitrogens with one attached hydrogen (secondary N) is 2. The van der Waals surface area contributed by atoms with Crippen molar-refractivity contribution in [2.24, 2.45) is 0 Å². The molecule has 28 heavy (non-hydrogen) atoms. The van der Waals surface area contributed by atoms with Crippen LogP contribution >= 0.6 is 11.3 Å². The molecule has 7 nitrogen and oxygen atoms in total. The summed E-state index contributed by atoms with van der Waals surface area (Å²) in [6.07, 6.45) is 3.60. The number of unbranched alkanes of at least 4 members (excludes halogenated alkanes) is 1. The van der Waals surface area contributed by atoms with E-state index >= 15 is 0 Å². The fourth-order valence-electron chi connectivity index (χ4n) is 2.34. The number of hydrogen-bond acceptors (Lipinski definition) is 7. The topological polar surface area (TPSA) is 98.1 Å². The fraction of sp³-hybridized carbons (Fsp3) is 0.368. The normalized spacial score (nSPS) is 12.1. The molecule has 0 saturated carbocycles. The van der Waals surface area contributed by atoms with E-state index in [2.05, 4.69) is 28.6 Å². The van der Waals surface area contributed by atoms with Gasteiger partial charge in [0, 0.05) is 37.9 Å². The number of hydrogen-bond donors (Lipinski definition) is 2. The largest absolute Gasteiger partial charge is 0.383 e. The standard InChI is InChI=1S/C19H25N5O2S2/c1-5-6-9-21-17-8-7-16(28(25,26)24(3)4)10-18(17)22-12-15(11-20)19-23-14(2)13-27-19/h7-8,10,12-13,21-22H,5-6,9H2,1-4H3/b15-12+. The molecular weight excluding hydrogens is 394 g/mol. The van der Waals surface area contributed by atoms with Crippen LogP contribution in [-0.2, 0) is 10.0 Å². The molecule has 0 fully saturated rings. The van der Waals surface area contributed by atoms with Gasteiger partial charge >= 0.3 is 0 Å². The number of benzene rings is 1. The molecule has 1 heterocycles. The summed E-state index contributed by atoms with van der Waals surface area (Å²) in [5.74, 6) is 0. The molecule has 0 unspecified atom stereocenters. The van der Waals surface area contributed by atoms with Gasteiger partial charge in [-0.1, -0.05) is 13.3 Å². The highest BCUT2D eigenvalue weighted by atomic mass is 32.2. The molecule has 0 amide bonds. The lowest BCUT2D eigenvalue weighted by Gasteiger charge is -2.16. The van der Waals surface area contributed by atoms with E-state index < -0.39 is 10.0 Å². The number of aromatic nitrogens is 1. The van der Waals surface area contributed by atoms with E-state index in [1.165, 1.54) is 29.7 Å². The summed E-state index contributed by atoms with van der Waals surface area (Å²) in [6, 6.07) is 7.02. The van der Waals surface area contributed by atoms with Crippen LogP contribution in [0.5, 0.6) is 0 Å². The lowest BCUT2D eigenvalue weighted by Crippen LogP contribution is -2.22. The summed E-state index contributed by atoms with van der Waals surface area (Å²) < 4.78 is 26.1. The van der Waals surface area contributed by atoms with E-state index in [-0.39, 0.29) is 4.90 Å². The Labute approximate surface area is 170 Å². The van der Waals surface area contributed by atoms with Crippen LogP contribution in [0.3, 0.4) is 0 Å². The van der Waals surface area contributed by atoms with Crippen LogP contribution in [0.2, 0.25) is 0 Å². The molecule has 150 valence electrons. The minimum Gasteiger partial charge on any atom is -0.383 e. The van der Waals surface area contributed by atoms with Crippen LogP contribution in [0, 0.1) is 18.3 Å². The predicted octanol–water partition coefficient (Wildman–Crippen LogP) is 3.89. The molecule has 1 aromatic heterocycles. The first-order chi connectivity index (χ1) is 13.3. The van der Waals surface area contributed by atoms with Gasteiger partial charge in [0.05, 0.1) is 16.3 Å². The van der Waals surface area contributed by atoms with Crippen LogP contribution in [0.4, 0.5) is 11.4 Å². The second-order valence-electron chi connectivity index (χ2n) is 6.38. The third kappa shape index (κ3) is 5.32. The van der Waals surface area contributed by atoms with Crippen molar-refractivity contribution in [1.82, 2.24) is 9.29 Å². The van der Waals surface area contributed by atoms with Crippen molar-refractivity contribution in [3.63, 3.8) is 0 Å². The maximum Gasteiger partial charge on any atom is 0.242 e. The zero-order chi connectivity index (χ0) is 20.7. The average Bonchev–Trinajstić information content (AvgIpc) is 3.09. The highest BCUT2D eigenvalue weighted by Gasteiger charge is 2.18. The Balaban J connectivity index is 2.40. The lowest BCUT2D eigenvalue weighted by molar-refractivity contribution is 0.521. The van der Waals surface area contributed by atoms with Crippen molar-refractivity contribution < 1.29 is 8.42 Å². The Morgan fingerprint density at radius 3 is 2.68 bits per heavy atom.